The van der Waals surface area contributed by atoms with Crippen LogP contribution in [0.2, 0.25) is 0 Å². The van der Waals surface area contributed by atoms with Crippen molar-refractivity contribution in [3.63, 3.8) is 0 Å². The van der Waals surface area contributed by atoms with E-state index in [1.807, 2.05) is 11.0 Å². The van der Waals surface area contributed by atoms with E-state index in [1.54, 1.807) is 63.9 Å². The van der Waals surface area contributed by atoms with Crippen molar-refractivity contribution in [2.24, 2.45) is 5.41 Å². The van der Waals surface area contributed by atoms with Crippen molar-refractivity contribution in [3.8, 4) is 23.0 Å². The Balaban J connectivity index is 1.14. The minimum absolute atomic E-state index is 0.0152. The van der Waals surface area contributed by atoms with E-state index in [9.17, 15) is 9.59 Å². The fourth-order valence-electron chi connectivity index (χ4n) is 6.08. The summed E-state index contributed by atoms with van der Waals surface area (Å²) in [6, 6.07) is 12.9. The summed E-state index contributed by atoms with van der Waals surface area (Å²) in [5.74, 6) is 2.15. The zero-order valence-corrected chi connectivity index (χ0v) is 22.4. The maximum absolute atomic E-state index is 13.6. The largest absolute Gasteiger partial charge is 0.493 e. The third-order valence-electron chi connectivity index (χ3n) is 8.40. The molecule has 3 heterocycles. The highest BCUT2D eigenvalue weighted by Gasteiger charge is 2.61. The monoisotopic (exact) mass is 531 g/mol. The molecule has 1 N–H and O–H groups in total. The lowest BCUT2D eigenvalue weighted by molar-refractivity contribution is -0.147. The van der Waals surface area contributed by atoms with E-state index in [2.05, 4.69) is 10.3 Å². The van der Waals surface area contributed by atoms with E-state index in [1.165, 1.54) is 0 Å². The van der Waals surface area contributed by atoms with Gasteiger partial charge in [0.15, 0.2) is 11.5 Å². The van der Waals surface area contributed by atoms with Gasteiger partial charge in [0.1, 0.15) is 16.9 Å². The zero-order chi connectivity index (χ0) is 27.1. The van der Waals surface area contributed by atoms with Crippen LogP contribution in [0.4, 0.5) is 5.69 Å². The van der Waals surface area contributed by atoms with Crippen LogP contribution in [0.5, 0.6) is 23.0 Å². The van der Waals surface area contributed by atoms with Gasteiger partial charge in [-0.15, -0.1) is 0 Å². The number of rotatable bonds is 8. The third-order valence-corrected chi connectivity index (χ3v) is 8.40. The Morgan fingerprint density at radius 2 is 1.59 bits per heavy atom. The Morgan fingerprint density at radius 1 is 0.923 bits per heavy atom. The number of amides is 2. The van der Waals surface area contributed by atoms with Gasteiger partial charge in [-0.05, 0) is 74.9 Å². The van der Waals surface area contributed by atoms with Gasteiger partial charge < -0.3 is 29.2 Å². The molecule has 204 valence electrons. The smallest absolute Gasteiger partial charge is 0.240 e. The average molecular weight is 532 g/mol. The van der Waals surface area contributed by atoms with Crippen LogP contribution < -0.4 is 19.5 Å². The predicted octanol–water partition coefficient (Wildman–Crippen LogP) is 4.93. The molecule has 3 aromatic rings. The molecule has 1 aliphatic carbocycles. The van der Waals surface area contributed by atoms with E-state index in [0.29, 0.717) is 47.0 Å². The highest BCUT2D eigenvalue weighted by atomic mass is 16.5. The number of anilines is 1. The number of nitrogens with zero attached hydrogens (tertiary/aromatic N) is 2. The molecular formula is C30H33N3O6. The molecule has 1 aromatic heterocycles. The van der Waals surface area contributed by atoms with Crippen LogP contribution in [0.1, 0.15) is 38.5 Å². The van der Waals surface area contributed by atoms with Crippen LogP contribution in [0.3, 0.4) is 0 Å². The summed E-state index contributed by atoms with van der Waals surface area (Å²) < 4.78 is 22.5. The van der Waals surface area contributed by atoms with Crippen molar-refractivity contribution in [1.29, 1.82) is 0 Å². The summed E-state index contributed by atoms with van der Waals surface area (Å²) in [5.41, 5.74) is 0.387. The van der Waals surface area contributed by atoms with E-state index < -0.39 is 5.41 Å². The minimum Gasteiger partial charge on any atom is -0.493 e. The van der Waals surface area contributed by atoms with Gasteiger partial charge in [-0.3, -0.25) is 14.6 Å². The number of methoxy groups -OCH3 is 3. The Labute approximate surface area is 227 Å². The number of piperidine rings is 1. The van der Waals surface area contributed by atoms with Crippen LogP contribution in [0, 0.1) is 5.41 Å². The summed E-state index contributed by atoms with van der Waals surface area (Å²) in [5, 5.41) is 3.76. The Morgan fingerprint density at radius 3 is 2.21 bits per heavy atom. The molecular weight excluding hydrogens is 498 g/mol. The zero-order valence-electron chi connectivity index (χ0n) is 22.4. The molecule has 0 spiro atoms. The van der Waals surface area contributed by atoms with E-state index in [4.69, 9.17) is 18.9 Å². The molecule has 9 nitrogen and oxygen atoms in total. The average Bonchev–Trinajstić information content (AvgIpc) is 3.73. The molecule has 3 aliphatic rings. The summed E-state index contributed by atoms with van der Waals surface area (Å²) in [6.45, 7) is 0. The van der Waals surface area contributed by atoms with Gasteiger partial charge in [-0.2, -0.15) is 0 Å². The summed E-state index contributed by atoms with van der Waals surface area (Å²) >= 11 is 0. The second kappa shape index (κ2) is 10.0. The van der Waals surface area contributed by atoms with Crippen molar-refractivity contribution in [2.75, 3.05) is 26.6 Å². The fourth-order valence-corrected chi connectivity index (χ4v) is 6.08. The Kier molecular flexibility index (Phi) is 6.54. The molecule has 1 saturated carbocycles. The molecule has 6 rings (SSSR count). The molecule has 2 aromatic carbocycles. The fraction of sp³-hybridized carbons (Fsp3) is 0.433. The number of carbonyl (C=O) groups is 2. The number of nitrogens with one attached hydrogen (secondary N) is 1. The maximum Gasteiger partial charge on any atom is 0.240 e. The van der Waals surface area contributed by atoms with E-state index >= 15 is 0 Å². The first kappa shape index (κ1) is 25.4. The molecule has 39 heavy (non-hydrogen) atoms. The lowest BCUT2D eigenvalue weighted by Crippen LogP contribution is -2.53. The van der Waals surface area contributed by atoms with Crippen molar-refractivity contribution < 1.29 is 28.5 Å². The van der Waals surface area contributed by atoms with Crippen molar-refractivity contribution in [1.82, 2.24) is 9.88 Å². The van der Waals surface area contributed by atoms with Gasteiger partial charge in [0.2, 0.25) is 11.8 Å². The van der Waals surface area contributed by atoms with Crippen LogP contribution in [-0.2, 0) is 14.3 Å². The first-order valence-electron chi connectivity index (χ1n) is 13.4. The molecule has 3 fully saturated rings. The second-order valence-corrected chi connectivity index (χ2v) is 10.6. The maximum atomic E-state index is 13.6. The predicted molar refractivity (Wildman–Crippen MR) is 145 cm³/mol. The number of benzene rings is 2. The lowest BCUT2D eigenvalue weighted by atomic mass is 9.95. The summed E-state index contributed by atoms with van der Waals surface area (Å²) in [4.78, 5) is 33.3. The number of aromatic nitrogens is 1. The van der Waals surface area contributed by atoms with Gasteiger partial charge in [0.25, 0.3) is 0 Å². The number of fused-ring (bicyclic) bond motifs is 3. The number of hydrogen-bond donors (Lipinski definition) is 1. The van der Waals surface area contributed by atoms with Crippen molar-refractivity contribution >= 4 is 28.4 Å². The topological polar surface area (TPSA) is 99.2 Å². The normalized spacial score (nSPS) is 22.8. The summed E-state index contributed by atoms with van der Waals surface area (Å²) in [6.07, 6.45) is 6.73. The van der Waals surface area contributed by atoms with Crippen molar-refractivity contribution in [3.05, 3.63) is 48.7 Å². The van der Waals surface area contributed by atoms with E-state index in [0.717, 1.165) is 31.1 Å². The van der Waals surface area contributed by atoms with E-state index in [-0.39, 0.29) is 30.0 Å². The second-order valence-electron chi connectivity index (χ2n) is 10.6. The first-order chi connectivity index (χ1) is 19.0. The van der Waals surface area contributed by atoms with Gasteiger partial charge >= 0.3 is 0 Å². The standard InChI is InChI=1S/C30H33N3O6/c1-36-22-14-19-6-7-20(15-22)33(19)29(35)30(11-12-30)28(34)32-18-4-8-21(9-5-18)39-25-10-13-31-24-17-27(38-3)26(37-2)16-23(24)25/h4-5,8-10,13,16-17,19-20,22H,6-7,11-12,14-15H2,1-3H3,(H,32,34)/t19-,20+,22?. The van der Waals surface area contributed by atoms with Crippen molar-refractivity contribution in [2.45, 2.75) is 56.7 Å². The van der Waals surface area contributed by atoms with Gasteiger partial charge in [-0.25, -0.2) is 0 Å². The quantitative estimate of drug-likeness (QED) is 0.412. The molecule has 2 amide bonds. The highest BCUT2D eigenvalue weighted by Crippen LogP contribution is 2.51. The lowest BCUT2D eigenvalue weighted by Gasteiger charge is -2.40. The van der Waals surface area contributed by atoms with Gasteiger partial charge in [0.05, 0.1) is 25.8 Å². The molecule has 9 heteroatoms. The summed E-state index contributed by atoms with van der Waals surface area (Å²) in [7, 11) is 4.90. The third kappa shape index (κ3) is 4.54. The highest BCUT2D eigenvalue weighted by molar-refractivity contribution is 6.13. The SMILES string of the molecule is COc1cc2nccc(Oc3ccc(NC(=O)C4(C(=O)N5[C@@H]6CC[C@H]5CC(OC)C6)CC4)cc3)c2cc1OC. The van der Waals surface area contributed by atoms with Crippen LogP contribution in [-0.4, -0.2) is 61.2 Å². The van der Waals surface area contributed by atoms with Gasteiger partial charge in [-0.1, -0.05) is 0 Å². The molecule has 0 radical (unpaired) electrons. The first-order valence-corrected chi connectivity index (χ1v) is 13.4. The number of hydrogen-bond acceptors (Lipinski definition) is 7. The molecule has 2 aliphatic heterocycles. The Bertz CT molecular complexity index is 1390. The van der Waals surface area contributed by atoms with Gasteiger partial charge in [0, 0.05) is 42.5 Å². The number of pyridine rings is 1. The molecule has 2 bridgehead atoms. The number of ether oxygens (including phenoxy) is 4. The molecule has 3 atom stereocenters. The number of carbonyl (C=O) groups excluding carboxylic acids is 2. The van der Waals surface area contributed by atoms with Crippen LogP contribution in [0.15, 0.2) is 48.7 Å². The molecule has 1 unspecified atom stereocenters. The van der Waals surface area contributed by atoms with Crippen LogP contribution >= 0.6 is 0 Å². The van der Waals surface area contributed by atoms with Crippen LogP contribution in [0.25, 0.3) is 10.9 Å². The Hall–Kier alpha value is -3.85. The molecule has 2 saturated heterocycles. The minimum atomic E-state index is -0.952.